The van der Waals surface area contributed by atoms with Crippen molar-refractivity contribution in [1.82, 2.24) is 4.90 Å². The number of hydrogen-bond acceptors (Lipinski definition) is 2. The molecule has 0 aromatic heterocycles. The lowest BCUT2D eigenvalue weighted by Crippen LogP contribution is -2.24. The van der Waals surface area contributed by atoms with Gasteiger partial charge in [-0.15, -0.1) is 17.0 Å². The summed E-state index contributed by atoms with van der Waals surface area (Å²) in [6.45, 7) is 1.94. The SMILES string of the molecule is Br.CN1CCc2cc(Cl)c(O)cc2C(c2ccc3ccccc3c2)C1. The zero-order valence-electron chi connectivity index (χ0n) is 14.1. The average Bonchev–Trinajstić information content (AvgIpc) is 2.75. The van der Waals surface area contributed by atoms with Gasteiger partial charge < -0.3 is 10.0 Å². The molecule has 1 N–H and O–H groups in total. The summed E-state index contributed by atoms with van der Waals surface area (Å²) in [4.78, 5) is 2.35. The third-order valence-electron chi connectivity index (χ3n) is 5.02. The number of halogens is 2. The predicted octanol–water partition coefficient (Wildman–Crippen LogP) is 5.40. The van der Waals surface area contributed by atoms with Crippen LogP contribution in [0.3, 0.4) is 0 Å². The van der Waals surface area contributed by atoms with E-state index in [1.54, 1.807) is 0 Å². The zero-order chi connectivity index (χ0) is 16.7. The first-order chi connectivity index (χ1) is 11.6. The fraction of sp³-hybridized carbons (Fsp3) is 0.238. The van der Waals surface area contributed by atoms with Gasteiger partial charge in [0.05, 0.1) is 5.02 Å². The number of rotatable bonds is 1. The summed E-state index contributed by atoms with van der Waals surface area (Å²) in [5, 5.41) is 13.1. The van der Waals surface area contributed by atoms with E-state index in [4.69, 9.17) is 11.6 Å². The molecule has 1 aliphatic heterocycles. The third-order valence-corrected chi connectivity index (χ3v) is 5.32. The molecule has 1 unspecified atom stereocenters. The predicted molar refractivity (Wildman–Crippen MR) is 110 cm³/mol. The standard InChI is InChI=1S/C21H20ClNO.BrH/c1-23-9-8-17-11-20(22)21(24)12-18(17)19(13-23)16-7-6-14-4-2-3-5-15(14)10-16;/h2-7,10-12,19,24H,8-9,13H2,1H3;1H. The van der Waals surface area contributed by atoms with Gasteiger partial charge in [-0.3, -0.25) is 0 Å². The molecule has 0 aliphatic carbocycles. The first-order valence-corrected chi connectivity index (χ1v) is 8.68. The van der Waals surface area contributed by atoms with Gasteiger partial charge in [0.25, 0.3) is 0 Å². The maximum atomic E-state index is 10.1. The van der Waals surface area contributed by atoms with E-state index in [2.05, 4.69) is 54.4 Å². The normalized spacial score (nSPS) is 17.6. The summed E-state index contributed by atoms with van der Waals surface area (Å²) < 4.78 is 0. The molecule has 2 nitrogen and oxygen atoms in total. The Bertz CT molecular complexity index is 912. The van der Waals surface area contributed by atoms with Crippen molar-refractivity contribution < 1.29 is 5.11 Å². The Balaban J connectivity index is 0.00000182. The van der Waals surface area contributed by atoms with Crippen molar-refractivity contribution in [3.8, 4) is 5.75 Å². The summed E-state index contributed by atoms with van der Waals surface area (Å²) >= 11 is 6.14. The van der Waals surface area contributed by atoms with Gasteiger partial charge in [0, 0.05) is 19.0 Å². The number of aromatic hydroxyl groups is 1. The van der Waals surface area contributed by atoms with Gasteiger partial charge in [-0.05, 0) is 53.1 Å². The van der Waals surface area contributed by atoms with E-state index in [1.807, 2.05) is 12.1 Å². The van der Waals surface area contributed by atoms with Crippen molar-refractivity contribution in [1.29, 1.82) is 0 Å². The van der Waals surface area contributed by atoms with Gasteiger partial charge in [0.15, 0.2) is 0 Å². The van der Waals surface area contributed by atoms with E-state index in [1.165, 1.54) is 27.5 Å². The van der Waals surface area contributed by atoms with Gasteiger partial charge in [-0.25, -0.2) is 0 Å². The molecule has 130 valence electrons. The smallest absolute Gasteiger partial charge is 0.134 e. The number of benzene rings is 3. The Kier molecular flexibility index (Phi) is 5.38. The van der Waals surface area contributed by atoms with Crippen molar-refractivity contribution in [2.24, 2.45) is 0 Å². The quantitative estimate of drug-likeness (QED) is 0.572. The van der Waals surface area contributed by atoms with Gasteiger partial charge >= 0.3 is 0 Å². The molecule has 3 aromatic rings. The van der Waals surface area contributed by atoms with E-state index in [0.717, 1.165) is 19.5 Å². The molecule has 0 radical (unpaired) electrons. The second-order valence-corrected chi connectivity index (χ2v) is 7.08. The van der Waals surface area contributed by atoms with Crippen LogP contribution in [0, 0.1) is 0 Å². The molecular weight excluding hydrogens is 398 g/mol. The molecule has 1 atom stereocenters. The Labute approximate surface area is 163 Å². The number of phenolic OH excluding ortho intramolecular Hbond substituents is 1. The van der Waals surface area contributed by atoms with E-state index in [9.17, 15) is 5.11 Å². The van der Waals surface area contributed by atoms with Crippen molar-refractivity contribution in [2.75, 3.05) is 20.1 Å². The molecule has 0 saturated carbocycles. The summed E-state index contributed by atoms with van der Waals surface area (Å²) in [5.41, 5.74) is 3.71. The topological polar surface area (TPSA) is 23.5 Å². The molecule has 25 heavy (non-hydrogen) atoms. The van der Waals surface area contributed by atoms with E-state index in [0.29, 0.717) is 5.02 Å². The number of hydrogen-bond donors (Lipinski definition) is 1. The molecule has 0 fully saturated rings. The molecule has 1 heterocycles. The number of phenols is 1. The first-order valence-electron chi connectivity index (χ1n) is 8.30. The molecule has 3 aromatic carbocycles. The van der Waals surface area contributed by atoms with E-state index >= 15 is 0 Å². The van der Waals surface area contributed by atoms with Crippen LogP contribution in [0.1, 0.15) is 22.6 Å². The Hall–Kier alpha value is -1.55. The lowest BCUT2D eigenvalue weighted by molar-refractivity contribution is 0.338. The van der Waals surface area contributed by atoms with Crippen LogP contribution < -0.4 is 0 Å². The summed E-state index contributed by atoms with van der Waals surface area (Å²) in [5.74, 6) is 0.408. The minimum Gasteiger partial charge on any atom is -0.506 e. The van der Waals surface area contributed by atoms with Crippen LogP contribution in [0.5, 0.6) is 5.75 Å². The maximum absolute atomic E-state index is 10.1. The van der Waals surface area contributed by atoms with Gasteiger partial charge in [-0.2, -0.15) is 0 Å². The Morgan fingerprint density at radius 3 is 2.60 bits per heavy atom. The Morgan fingerprint density at radius 1 is 1.04 bits per heavy atom. The molecular formula is C21H21BrClNO. The molecule has 0 saturated heterocycles. The van der Waals surface area contributed by atoms with Crippen LogP contribution in [0.2, 0.25) is 5.02 Å². The van der Waals surface area contributed by atoms with Gasteiger partial charge in [0.2, 0.25) is 0 Å². The molecule has 0 spiro atoms. The maximum Gasteiger partial charge on any atom is 0.134 e. The lowest BCUT2D eigenvalue weighted by Gasteiger charge is -2.22. The second kappa shape index (κ2) is 7.36. The van der Waals surface area contributed by atoms with E-state index in [-0.39, 0.29) is 28.6 Å². The highest BCUT2D eigenvalue weighted by atomic mass is 79.9. The monoisotopic (exact) mass is 417 g/mol. The minimum atomic E-state index is 0. The van der Waals surface area contributed by atoms with Gasteiger partial charge in [0.1, 0.15) is 5.75 Å². The fourth-order valence-electron chi connectivity index (χ4n) is 3.68. The highest BCUT2D eigenvalue weighted by Gasteiger charge is 2.24. The van der Waals surface area contributed by atoms with Crippen LogP contribution in [-0.4, -0.2) is 30.1 Å². The van der Waals surface area contributed by atoms with Crippen molar-refractivity contribution >= 4 is 39.4 Å². The molecule has 0 bridgehead atoms. The van der Waals surface area contributed by atoms with Crippen molar-refractivity contribution in [2.45, 2.75) is 12.3 Å². The fourth-order valence-corrected chi connectivity index (χ4v) is 3.87. The summed E-state index contributed by atoms with van der Waals surface area (Å²) in [6.07, 6.45) is 0.954. The minimum absolute atomic E-state index is 0. The Morgan fingerprint density at radius 2 is 1.80 bits per heavy atom. The summed E-state index contributed by atoms with van der Waals surface area (Å²) in [6, 6.07) is 18.9. The molecule has 4 rings (SSSR count). The molecule has 4 heteroatoms. The zero-order valence-corrected chi connectivity index (χ0v) is 16.5. The lowest BCUT2D eigenvalue weighted by atomic mass is 9.87. The number of fused-ring (bicyclic) bond motifs is 2. The van der Waals surface area contributed by atoms with Crippen LogP contribution in [0.25, 0.3) is 10.8 Å². The van der Waals surface area contributed by atoms with Crippen molar-refractivity contribution in [3.63, 3.8) is 0 Å². The van der Waals surface area contributed by atoms with Crippen LogP contribution >= 0.6 is 28.6 Å². The van der Waals surface area contributed by atoms with Gasteiger partial charge in [-0.1, -0.05) is 54.1 Å². The van der Waals surface area contributed by atoms with Crippen LogP contribution in [0.15, 0.2) is 54.6 Å². The van der Waals surface area contributed by atoms with Crippen molar-refractivity contribution in [3.05, 3.63) is 76.3 Å². The van der Waals surface area contributed by atoms with E-state index < -0.39 is 0 Å². The summed E-state index contributed by atoms with van der Waals surface area (Å²) in [7, 11) is 2.15. The van der Waals surface area contributed by atoms with Crippen LogP contribution in [-0.2, 0) is 6.42 Å². The molecule has 1 aliphatic rings. The molecule has 0 amide bonds. The average molecular weight is 419 g/mol. The largest absolute Gasteiger partial charge is 0.506 e. The first kappa shape index (κ1) is 18.2. The second-order valence-electron chi connectivity index (χ2n) is 6.67. The highest BCUT2D eigenvalue weighted by molar-refractivity contribution is 8.93. The number of likely N-dealkylation sites (N-methyl/N-ethyl adjacent to an activating group) is 1. The highest BCUT2D eigenvalue weighted by Crippen LogP contribution is 2.37. The van der Waals surface area contributed by atoms with Crippen LogP contribution in [0.4, 0.5) is 0 Å². The number of nitrogens with zero attached hydrogens (tertiary/aromatic N) is 1. The third kappa shape index (κ3) is 3.55.